The highest BCUT2D eigenvalue weighted by Crippen LogP contribution is 2.18. The molecule has 0 aliphatic carbocycles. The summed E-state index contributed by atoms with van der Waals surface area (Å²) in [6, 6.07) is 3.41. The molecule has 8 nitrogen and oxygen atoms in total. The van der Waals surface area contributed by atoms with Gasteiger partial charge in [-0.05, 0) is 33.8 Å². The molecule has 9 heteroatoms. The summed E-state index contributed by atoms with van der Waals surface area (Å²) in [6.45, 7) is 7.13. The van der Waals surface area contributed by atoms with Gasteiger partial charge in [-0.25, -0.2) is 4.98 Å². The maximum atomic E-state index is 12.3. The van der Waals surface area contributed by atoms with Crippen molar-refractivity contribution in [2.45, 2.75) is 27.7 Å². The summed E-state index contributed by atoms with van der Waals surface area (Å²) in [5.74, 6) is 1.08. The van der Waals surface area contributed by atoms with Gasteiger partial charge in [0.1, 0.15) is 17.0 Å². The Morgan fingerprint density at radius 1 is 1.35 bits per heavy atom. The van der Waals surface area contributed by atoms with Gasteiger partial charge < -0.3 is 28.0 Å². The molecule has 0 aliphatic heterocycles. The lowest BCUT2D eigenvalue weighted by Gasteiger charge is -2.06. The molecule has 0 unspecified atom stereocenters. The van der Waals surface area contributed by atoms with Crippen LogP contribution in [0.3, 0.4) is 0 Å². The van der Waals surface area contributed by atoms with Crippen LogP contribution in [0.4, 0.5) is 17.3 Å². The molecule has 5 N–H and O–H groups in total. The molecule has 0 bridgehead atoms. The van der Waals surface area contributed by atoms with Gasteiger partial charge >= 0.3 is 0 Å². The van der Waals surface area contributed by atoms with E-state index in [1.54, 1.807) is 26.0 Å². The number of rotatable bonds is 4. The molecule has 0 fully saturated rings. The maximum Gasteiger partial charge on any atom is 0.261 e. The van der Waals surface area contributed by atoms with Crippen LogP contribution in [0.5, 0.6) is 0 Å². The quantitative estimate of drug-likeness (QED) is 0.475. The van der Waals surface area contributed by atoms with Gasteiger partial charge in [0.25, 0.3) is 5.91 Å². The van der Waals surface area contributed by atoms with Crippen molar-refractivity contribution in [2.75, 3.05) is 16.5 Å². The molecule has 2 rings (SSSR count). The Morgan fingerprint density at radius 2 is 2.04 bits per heavy atom. The average Bonchev–Trinajstić information content (AvgIpc) is 2.78. The number of nitrogens with two attached hydrogens (primary N) is 1. The summed E-state index contributed by atoms with van der Waals surface area (Å²) in [7, 11) is 0. The van der Waals surface area contributed by atoms with Gasteiger partial charge in [0, 0.05) is 11.8 Å². The van der Waals surface area contributed by atoms with Gasteiger partial charge in [-0.15, -0.1) is 5.10 Å². The second kappa shape index (κ2) is 7.59. The van der Waals surface area contributed by atoms with Crippen LogP contribution in [0.15, 0.2) is 21.8 Å². The predicted molar refractivity (Wildman–Crippen MR) is 83.7 cm³/mol. The van der Waals surface area contributed by atoms with E-state index in [2.05, 4.69) is 26.0 Å². The van der Waals surface area contributed by atoms with Crippen LogP contribution < -0.4 is 33.9 Å². The Hall–Kier alpha value is -2.61. The van der Waals surface area contributed by atoms with Crippen LogP contribution in [0.25, 0.3) is 0 Å². The SMILES string of the molecule is CC(C)=NNc1ccc(NC(=O)c2c(C)noc2C)c(N)[nH+]1.[Cl-]. The number of pyridine rings is 1. The highest BCUT2D eigenvalue weighted by Gasteiger charge is 2.19. The fourth-order valence-corrected chi connectivity index (χ4v) is 1.85. The van der Waals surface area contributed by atoms with Gasteiger partial charge in [0.2, 0.25) is 11.6 Å². The van der Waals surface area contributed by atoms with Crippen molar-refractivity contribution in [1.29, 1.82) is 0 Å². The molecular weight excluding hydrogens is 320 g/mol. The molecule has 0 aromatic carbocycles. The lowest BCUT2D eigenvalue weighted by Crippen LogP contribution is -3.00. The number of aromatic nitrogens is 2. The summed E-state index contributed by atoms with van der Waals surface area (Å²) in [5.41, 5.74) is 11.0. The smallest absolute Gasteiger partial charge is 0.261 e. The van der Waals surface area contributed by atoms with Gasteiger partial charge in [-0.3, -0.25) is 4.79 Å². The summed E-state index contributed by atoms with van der Waals surface area (Å²) < 4.78 is 4.98. The first-order valence-corrected chi connectivity index (χ1v) is 6.71. The molecule has 1 amide bonds. The first-order chi connectivity index (χ1) is 10.4. The van der Waals surface area contributed by atoms with Gasteiger partial charge in [-0.1, -0.05) is 5.16 Å². The number of halogens is 1. The number of hydrazone groups is 1. The fourth-order valence-electron chi connectivity index (χ4n) is 1.85. The highest BCUT2D eigenvalue weighted by molar-refractivity contribution is 6.06. The number of aryl methyl sites for hydroxylation is 2. The third-order valence-electron chi connectivity index (χ3n) is 2.88. The minimum absolute atomic E-state index is 0. The lowest BCUT2D eigenvalue weighted by atomic mass is 10.2. The topological polar surface area (TPSA) is 120 Å². The van der Waals surface area contributed by atoms with Crippen molar-refractivity contribution < 1.29 is 26.7 Å². The van der Waals surface area contributed by atoms with Gasteiger partial charge in [0.15, 0.2) is 0 Å². The van der Waals surface area contributed by atoms with Crippen molar-refractivity contribution in [3.63, 3.8) is 0 Å². The number of nitrogens with one attached hydrogen (secondary N) is 3. The Kier molecular flexibility index (Phi) is 6.09. The molecular formula is C14H19ClN6O2. The Bertz CT molecular complexity index is 717. The third kappa shape index (κ3) is 4.43. The predicted octanol–water partition coefficient (Wildman–Crippen LogP) is -1.25. The normalized spacial score (nSPS) is 9.74. The first-order valence-electron chi connectivity index (χ1n) is 6.71. The second-order valence-electron chi connectivity index (χ2n) is 5.02. The van der Waals surface area contributed by atoms with Crippen LogP contribution >= 0.6 is 0 Å². The standard InChI is InChI=1S/C14H18N6O2.ClH/c1-7(2)18-19-11-6-5-10(13(15)17-11)16-14(21)12-8(3)20-22-9(12)4;/h5-6H,1-4H3,(H,16,21)(H3,15,17,19);1H. The van der Waals surface area contributed by atoms with Crippen LogP contribution in [-0.2, 0) is 0 Å². The molecule has 2 heterocycles. The number of H-pyrrole nitrogens is 1. The zero-order valence-corrected chi connectivity index (χ0v) is 14.1. The highest BCUT2D eigenvalue weighted by atomic mass is 35.5. The summed E-state index contributed by atoms with van der Waals surface area (Å²) in [5, 5.41) is 10.5. The number of hydrogen-bond acceptors (Lipinski definition) is 6. The van der Waals surface area contributed by atoms with Crippen LogP contribution in [-0.4, -0.2) is 16.8 Å². The number of hydrogen-bond donors (Lipinski definition) is 3. The molecule has 2 aromatic rings. The molecule has 0 radical (unpaired) electrons. The zero-order valence-electron chi connectivity index (χ0n) is 13.3. The fraction of sp³-hybridized carbons (Fsp3) is 0.286. The number of nitrogen functional groups attached to an aromatic ring is 1. The van der Waals surface area contributed by atoms with E-state index < -0.39 is 0 Å². The van der Waals surface area contributed by atoms with Crippen LogP contribution in [0, 0.1) is 13.8 Å². The summed E-state index contributed by atoms with van der Waals surface area (Å²) in [4.78, 5) is 15.2. The van der Waals surface area contributed by atoms with E-state index in [9.17, 15) is 4.79 Å². The maximum absolute atomic E-state index is 12.3. The number of aromatic amines is 1. The van der Waals surface area contributed by atoms with E-state index in [1.165, 1.54) is 0 Å². The molecule has 23 heavy (non-hydrogen) atoms. The van der Waals surface area contributed by atoms with E-state index in [-0.39, 0.29) is 18.3 Å². The minimum atomic E-state index is -0.320. The Labute approximate surface area is 139 Å². The molecule has 0 spiro atoms. The van der Waals surface area contributed by atoms with Crippen molar-refractivity contribution in [3.05, 3.63) is 29.2 Å². The first kappa shape index (κ1) is 18.4. The van der Waals surface area contributed by atoms with E-state index in [0.29, 0.717) is 34.3 Å². The summed E-state index contributed by atoms with van der Waals surface area (Å²) >= 11 is 0. The van der Waals surface area contributed by atoms with Gasteiger partial charge in [-0.2, -0.15) is 5.43 Å². The van der Waals surface area contributed by atoms with Crippen LogP contribution in [0.1, 0.15) is 35.7 Å². The number of amides is 1. The molecule has 0 atom stereocenters. The van der Waals surface area contributed by atoms with Gasteiger partial charge in [0.05, 0.1) is 5.69 Å². The van der Waals surface area contributed by atoms with E-state index in [0.717, 1.165) is 5.71 Å². The Balaban J connectivity index is 0.00000264. The van der Waals surface area contributed by atoms with Crippen molar-refractivity contribution in [3.8, 4) is 0 Å². The molecule has 0 aliphatic rings. The molecule has 124 valence electrons. The number of carbonyl (C=O) groups excluding carboxylic acids is 1. The van der Waals surface area contributed by atoms with Crippen LogP contribution in [0.2, 0.25) is 0 Å². The van der Waals surface area contributed by atoms with Crippen molar-refractivity contribution in [1.82, 2.24) is 5.16 Å². The van der Waals surface area contributed by atoms with E-state index >= 15 is 0 Å². The molecule has 0 saturated heterocycles. The summed E-state index contributed by atoms with van der Waals surface area (Å²) in [6.07, 6.45) is 0. The average molecular weight is 339 g/mol. The second-order valence-corrected chi connectivity index (χ2v) is 5.02. The van der Waals surface area contributed by atoms with Crippen molar-refractivity contribution >= 4 is 28.9 Å². The third-order valence-corrected chi connectivity index (χ3v) is 2.88. The largest absolute Gasteiger partial charge is 1.00 e. The number of carbonyl (C=O) groups is 1. The van der Waals surface area contributed by atoms with E-state index in [4.69, 9.17) is 10.3 Å². The molecule has 2 aromatic heterocycles. The number of anilines is 3. The Morgan fingerprint density at radius 3 is 2.57 bits per heavy atom. The minimum Gasteiger partial charge on any atom is -1.00 e. The monoisotopic (exact) mass is 338 g/mol. The van der Waals surface area contributed by atoms with Crippen molar-refractivity contribution in [2.24, 2.45) is 5.10 Å². The zero-order chi connectivity index (χ0) is 16.3. The van der Waals surface area contributed by atoms with E-state index in [1.807, 2.05) is 13.8 Å². The number of nitrogens with zero attached hydrogens (tertiary/aromatic N) is 2. The molecule has 0 saturated carbocycles. The lowest BCUT2D eigenvalue weighted by molar-refractivity contribution is -0.342.